The van der Waals surface area contributed by atoms with E-state index in [9.17, 15) is 4.21 Å². The molecule has 84 valence electrons. The van der Waals surface area contributed by atoms with Crippen LogP contribution in [0.15, 0.2) is 18.2 Å². The molecule has 3 heteroatoms. The highest BCUT2D eigenvalue weighted by molar-refractivity contribution is 8.00. The maximum atomic E-state index is 11.6. The van der Waals surface area contributed by atoms with Gasteiger partial charge in [-0.05, 0) is 35.9 Å². The molecule has 1 unspecified atom stereocenters. The summed E-state index contributed by atoms with van der Waals surface area (Å²) in [4.78, 5) is 0. The van der Waals surface area contributed by atoms with Crippen LogP contribution >= 0.6 is 0 Å². The van der Waals surface area contributed by atoms with E-state index in [-0.39, 0.29) is 0 Å². The minimum absolute atomic E-state index is 0.412. The van der Waals surface area contributed by atoms with Crippen LogP contribution in [0.2, 0.25) is 0 Å². The van der Waals surface area contributed by atoms with E-state index in [1.54, 1.807) is 6.26 Å². The van der Waals surface area contributed by atoms with Crippen molar-refractivity contribution in [3.8, 4) is 0 Å². The van der Waals surface area contributed by atoms with Gasteiger partial charge in [-0.3, -0.25) is 0 Å². The lowest BCUT2D eigenvalue weighted by atomic mass is 9.96. The zero-order valence-corrected chi connectivity index (χ0v) is 10.6. The number of benzene rings is 1. The number of aryl methyl sites for hydroxylation is 1. The molecule has 0 saturated heterocycles. The van der Waals surface area contributed by atoms with E-state index in [1.165, 1.54) is 11.1 Å². The van der Waals surface area contributed by atoms with Gasteiger partial charge in [0.05, 0.1) is 0 Å². The Hall–Kier alpha value is -0.960. The maximum absolute atomic E-state index is 11.6. The molecule has 0 aromatic heterocycles. The molecule has 1 aromatic carbocycles. The lowest BCUT2D eigenvalue weighted by Crippen LogP contribution is -2.12. The minimum Gasteiger partial charge on any atom is -0.313 e. The number of rotatable bonds is 3. The van der Waals surface area contributed by atoms with E-state index in [4.69, 9.17) is 0 Å². The highest BCUT2D eigenvalue weighted by atomic mass is 32.2. The first kappa shape index (κ1) is 12.1. The van der Waals surface area contributed by atoms with E-state index < -0.39 is 9.71 Å². The molecule has 1 atom stereocenters. The highest BCUT2D eigenvalue weighted by Crippen LogP contribution is 2.27. The Morgan fingerprint density at radius 3 is 2.47 bits per heavy atom. The topological polar surface area (TPSA) is 29.1 Å². The fourth-order valence-electron chi connectivity index (χ4n) is 1.77. The highest BCUT2D eigenvalue weighted by Gasteiger charge is 2.10. The Morgan fingerprint density at radius 1 is 1.40 bits per heavy atom. The van der Waals surface area contributed by atoms with Crippen molar-refractivity contribution in [2.75, 3.05) is 11.0 Å². The van der Waals surface area contributed by atoms with Crippen LogP contribution in [-0.4, -0.2) is 16.3 Å². The van der Waals surface area contributed by atoms with Crippen molar-refractivity contribution in [3.05, 3.63) is 29.3 Å². The largest absolute Gasteiger partial charge is 0.313 e. The third-order valence-electron chi connectivity index (χ3n) is 2.23. The van der Waals surface area contributed by atoms with E-state index in [0.29, 0.717) is 5.92 Å². The van der Waals surface area contributed by atoms with Crippen molar-refractivity contribution >= 4 is 21.3 Å². The molecule has 0 heterocycles. The summed E-state index contributed by atoms with van der Waals surface area (Å²) in [6.07, 6.45) is 1.61. The zero-order valence-electron chi connectivity index (χ0n) is 9.83. The van der Waals surface area contributed by atoms with E-state index in [0.717, 1.165) is 5.69 Å². The number of anilines is 1. The number of hydrogen-bond donors (Lipinski definition) is 1. The molecule has 0 aliphatic carbocycles. The molecule has 15 heavy (non-hydrogen) atoms. The summed E-state index contributed by atoms with van der Waals surface area (Å²) in [5, 5.41) is 0. The van der Waals surface area contributed by atoms with Gasteiger partial charge in [0.15, 0.2) is 0 Å². The van der Waals surface area contributed by atoms with Gasteiger partial charge >= 0.3 is 0 Å². The van der Waals surface area contributed by atoms with Crippen molar-refractivity contribution in [1.29, 1.82) is 0 Å². The predicted octanol–water partition coefficient (Wildman–Crippen LogP) is 2.79. The third kappa shape index (κ3) is 3.27. The molecule has 0 spiro atoms. The van der Waals surface area contributed by atoms with Crippen LogP contribution in [0, 0.1) is 6.92 Å². The van der Waals surface area contributed by atoms with Crippen molar-refractivity contribution < 1.29 is 4.21 Å². The molecule has 0 amide bonds. The normalized spacial score (nSPS) is 15.0. The molecular weight excluding hydrogens is 206 g/mol. The quantitative estimate of drug-likeness (QED) is 0.787. The van der Waals surface area contributed by atoms with Crippen molar-refractivity contribution in [2.45, 2.75) is 26.7 Å². The van der Waals surface area contributed by atoms with Crippen LogP contribution in [0.1, 0.15) is 30.9 Å². The summed E-state index contributed by atoms with van der Waals surface area (Å²) in [5.74, 6) is 4.02. The van der Waals surface area contributed by atoms with Gasteiger partial charge in [0.25, 0.3) is 0 Å². The van der Waals surface area contributed by atoms with Crippen LogP contribution in [0.4, 0.5) is 5.69 Å². The Balaban J connectivity index is 3.24. The molecule has 1 aromatic rings. The van der Waals surface area contributed by atoms with Crippen LogP contribution in [0.3, 0.4) is 0 Å². The summed E-state index contributed by atoms with van der Waals surface area (Å²) < 4.78 is 14.6. The van der Waals surface area contributed by atoms with Crippen LogP contribution in [0.25, 0.3) is 0 Å². The van der Waals surface area contributed by atoms with Crippen molar-refractivity contribution in [2.24, 2.45) is 0 Å². The SMILES string of the molecule is C=S(C)(=O)Nc1cccc(C)c1C(C)C. The number of hydrogen-bond acceptors (Lipinski definition) is 1. The molecule has 0 saturated carbocycles. The van der Waals surface area contributed by atoms with Gasteiger partial charge in [0.2, 0.25) is 0 Å². The molecule has 0 fully saturated rings. The van der Waals surface area contributed by atoms with E-state index >= 15 is 0 Å². The van der Waals surface area contributed by atoms with Gasteiger partial charge in [-0.15, -0.1) is 0 Å². The zero-order chi connectivity index (χ0) is 11.6. The average molecular weight is 225 g/mol. The maximum Gasteiger partial charge on any atom is 0.0493 e. The Morgan fingerprint density at radius 2 is 2.00 bits per heavy atom. The Kier molecular flexibility index (Phi) is 3.45. The summed E-state index contributed by atoms with van der Waals surface area (Å²) >= 11 is 0. The summed E-state index contributed by atoms with van der Waals surface area (Å²) in [6, 6.07) is 5.99. The Labute approximate surface area is 92.9 Å². The first-order valence-corrected chi connectivity index (χ1v) is 7.14. The molecule has 1 rings (SSSR count). The first-order chi connectivity index (χ1) is 6.81. The van der Waals surface area contributed by atoms with Gasteiger partial charge in [-0.25, -0.2) is 4.21 Å². The molecule has 0 bridgehead atoms. The second kappa shape index (κ2) is 4.27. The number of nitrogens with one attached hydrogen (secondary N) is 1. The van der Waals surface area contributed by atoms with Gasteiger partial charge in [-0.2, -0.15) is 0 Å². The summed E-state index contributed by atoms with van der Waals surface area (Å²) in [6.45, 7) is 6.34. The molecule has 0 radical (unpaired) electrons. The summed E-state index contributed by atoms with van der Waals surface area (Å²) in [7, 11) is -2.20. The van der Waals surface area contributed by atoms with E-state index in [2.05, 4.69) is 37.4 Å². The van der Waals surface area contributed by atoms with E-state index in [1.807, 2.05) is 12.1 Å². The molecule has 1 N–H and O–H groups in total. The fraction of sp³-hybridized carbons (Fsp3) is 0.417. The van der Waals surface area contributed by atoms with Crippen molar-refractivity contribution in [3.63, 3.8) is 0 Å². The smallest absolute Gasteiger partial charge is 0.0493 e. The second-order valence-corrected chi connectivity index (χ2v) is 6.51. The summed E-state index contributed by atoms with van der Waals surface area (Å²) in [5.41, 5.74) is 3.38. The Bertz CT molecular complexity index is 447. The fourth-order valence-corrected chi connectivity index (χ4v) is 2.41. The van der Waals surface area contributed by atoms with Gasteiger partial charge in [0, 0.05) is 21.7 Å². The third-order valence-corrected chi connectivity index (χ3v) is 2.88. The van der Waals surface area contributed by atoms with Crippen LogP contribution < -0.4 is 4.72 Å². The van der Waals surface area contributed by atoms with Crippen LogP contribution in [-0.2, 0) is 9.71 Å². The molecule has 0 aliphatic heterocycles. The molecule has 2 nitrogen and oxygen atoms in total. The first-order valence-electron chi connectivity index (χ1n) is 5.01. The van der Waals surface area contributed by atoms with Crippen LogP contribution in [0.5, 0.6) is 0 Å². The van der Waals surface area contributed by atoms with Crippen molar-refractivity contribution in [1.82, 2.24) is 0 Å². The van der Waals surface area contributed by atoms with Gasteiger partial charge < -0.3 is 4.72 Å². The lowest BCUT2D eigenvalue weighted by Gasteiger charge is -2.17. The second-order valence-electron chi connectivity index (χ2n) is 4.30. The minimum atomic E-state index is -2.20. The average Bonchev–Trinajstić information content (AvgIpc) is 1.99. The standard InChI is InChI=1S/C12H19NOS/c1-9(2)12-10(3)7-6-8-11(12)13-15(4,5)14/h6-9H,4H2,1-3,5H3,(H,13,14). The molecular formula is C12H19NOS. The lowest BCUT2D eigenvalue weighted by molar-refractivity contribution is 0.688. The van der Waals surface area contributed by atoms with Gasteiger partial charge in [-0.1, -0.05) is 26.0 Å². The molecule has 0 aliphatic rings. The monoisotopic (exact) mass is 225 g/mol. The van der Waals surface area contributed by atoms with Gasteiger partial charge in [0.1, 0.15) is 0 Å². The predicted molar refractivity (Wildman–Crippen MR) is 70.1 cm³/mol.